The second-order valence-electron chi connectivity index (χ2n) is 5.75. The van der Waals surface area contributed by atoms with Crippen LogP contribution in [-0.2, 0) is 4.79 Å². The predicted octanol–water partition coefficient (Wildman–Crippen LogP) is 1.01. The Morgan fingerprint density at radius 3 is 2.54 bits per heavy atom. The summed E-state index contributed by atoms with van der Waals surface area (Å²) in [5, 5.41) is 12.5. The first kappa shape index (κ1) is 16.0. The van der Waals surface area contributed by atoms with Crippen molar-refractivity contribution in [3.05, 3.63) is 55.0 Å². The molecule has 1 fully saturated rings. The Balaban J connectivity index is 1.34. The first-order valence-electron chi connectivity index (χ1n) is 8.24. The monoisotopic (exact) mass is 351 g/mol. The van der Waals surface area contributed by atoms with E-state index in [0.29, 0.717) is 37.8 Å². The molecule has 4 heterocycles. The molecule has 1 aliphatic heterocycles. The van der Waals surface area contributed by atoms with Gasteiger partial charge in [-0.2, -0.15) is 5.10 Å². The summed E-state index contributed by atoms with van der Waals surface area (Å²) in [6.07, 6.45) is 7.83. The van der Waals surface area contributed by atoms with Gasteiger partial charge in [0.15, 0.2) is 11.6 Å². The number of amides is 1. The van der Waals surface area contributed by atoms with Crippen molar-refractivity contribution in [1.29, 1.82) is 0 Å². The number of hydrogen-bond acceptors (Lipinski definition) is 7. The minimum Gasteiger partial charge on any atom is -0.465 e. The second-order valence-corrected chi connectivity index (χ2v) is 5.75. The van der Waals surface area contributed by atoms with E-state index in [1.807, 2.05) is 23.1 Å². The van der Waals surface area contributed by atoms with Crippen LogP contribution in [0.2, 0.25) is 0 Å². The highest BCUT2D eigenvalue weighted by Crippen LogP contribution is 2.14. The summed E-state index contributed by atoms with van der Waals surface area (Å²) < 4.78 is 6.75. The van der Waals surface area contributed by atoms with Gasteiger partial charge in [-0.15, -0.1) is 10.2 Å². The molecule has 9 heteroatoms. The molecule has 0 atom stereocenters. The highest BCUT2D eigenvalue weighted by molar-refractivity contribution is 5.91. The number of carbonyl (C=O) groups is 1. The molecule has 0 bridgehead atoms. The molecule has 4 rings (SSSR count). The average Bonchev–Trinajstić information content (AvgIpc) is 3.40. The Labute approximate surface area is 149 Å². The van der Waals surface area contributed by atoms with Crippen molar-refractivity contribution in [1.82, 2.24) is 29.9 Å². The van der Waals surface area contributed by atoms with Crippen LogP contribution in [0.25, 0.3) is 11.9 Å². The molecular formula is C17H17N7O2. The molecule has 0 radical (unpaired) electrons. The maximum atomic E-state index is 12.2. The van der Waals surface area contributed by atoms with Crippen LogP contribution in [0.15, 0.2) is 53.7 Å². The van der Waals surface area contributed by atoms with Crippen LogP contribution in [-0.4, -0.2) is 61.9 Å². The maximum absolute atomic E-state index is 12.2. The lowest BCUT2D eigenvalue weighted by Crippen LogP contribution is -2.48. The van der Waals surface area contributed by atoms with E-state index in [0.717, 1.165) is 5.82 Å². The van der Waals surface area contributed by atoms with Crippen molar-refractivity contribution in [3.8, 4) is 5.82 Å². The molecule has 0 spiro atoms. The largest absolute Gasteiger partial charge is 0.465 e. The topological polar surface area (TPSA) is 93.2 Å². The molecule has 3 aromatic rings. The van der Waals surface area contributed by atoms with Gasteiger partial charge in [0.1, 0.15) is 18.4 Å². The summed E-state index contributed by atoms with van der Waals surface area (Å²) >= 11 is 0. The molecule has 132 valence electrons. The van der Waals surface area contributed by atoms with Gasteiger partial charge < -0.3 is 14.2 Å². The zero-order chi connectivity index (χ0) is 17.8. The summed E-state index contributed by atoms with van der Waals surface area (Å²) in [7, 11) is 0. The van der Waals surface area contributed by atoms with Crippen molar-refractivity contribution in [2.24, 2.45) is 0 Å². The van der Waals surface area contributed by atoms with Crippen molar-refractivity contribution >= 4 is 17.8 Å². The van der Waals surface area contributed by atoms with Crippen LogP contribution in [0.1, 0.15) is 5.76 Å². The Hall–Kier alpha value is -3.49. The minimum atomic E-state index is -0.0198. The number of anilines is 1. The molecular weight excluding hydrogens is 334 g/mol. The summed E-state index contributed by atoms with van der Waals surface area (Å²) in [5.74, 6) is 2.05. The number of furan rings is 1. The first-order chi connectivity index (χ1) is 12.8. The molecule has 3 aromatic heterocycles. The molecule has 0 aromatic carbocycles. The number of hydrogen-bond donors (Lipinski definition) is 0. The maximum Gasteiger partial charge on any atom is 0.246 e. The Bertz CT molecular complexity index is 864. The number of carbonyl (C=O) groups excluding carboxylic acids is 1. The number of piperazine rings is 1. The van der Waals surface area contributed by atoms with E-state index in [1.54, 1.807) is 35.5 Å². The van der Waals surface area contributed by atoms with Gasteiger partial charge in [0.05, 0.1) is 6.26 Å². The van der Waals surface area contributed by atoms with Crippen molar-refractivity contribution in [2.75, 3.05) is 31.1 Å². The fourth-order valence-electron chi connectivity index (χ4n) is 2.74. The molecule has 0 aliphatic carbocycles. The van der Waals surface area contributed by atoms with Crippen LogP contribution < -0.4 is 4.90 Å². The highest BCUT2D eigenvalue weighted by atomic mass is 16.3. The molecule has 0 N–H and O–H groups in total. The van der Waals surface area contributed by atoms with Gasteiger partial charge >= 0.3 is 0 Å². The van der Waals surface area contributed by atoms with Crippen molar-refractivity contribution in [3.63, 3.8) is 0 Å². The molecule has 26 heavy (non-hydrogen) atoms. The lowest BCUT2D eigenvalue weighted by molar-refractivity contribution is -0.126. The molecule has 0 unspecified atom stereocenters. The Morgan fingerprint density at radius 1 is 1.08 bits per heavy atom. The lowest BCUT2D eigenvalue weighted by Gasteiger charge is -2.34. The summed E-state index contributed by atoms with van der Waals surface area (Å²) in [6.45, 7) is 2.68. The standard InChI is InChI=1S/C17H17N7O2/c25-17(6-3-14-2-1-11-26-14)23-9-7-22(8-10-23)15-4-5-16(21-20-15)24-13-18-12-19-24/h1-6,11-13H,7-10H2/b6-3+. The van der Waals surface area contributed by atoms with Crippen LogP contribution in [0.5, 0.6) is 0 Å². The van der Waals surface area contributed by atoms with Crippen molar-refractivity contribution < 1.29 is 9.21 Å². The van der Waals surface area contributed by atoms with Crippen molar-refractivity contribution in [2.45, 2.75) is 0 Å². The minimum absolute atomic E-state index is 0.0198. The third-order valence-electron chi connectivity index (χ3n) is 4.14. The van der Waals surface area contributed by atoms with E-state index in [2.05, 4.69) is 25.2 Å². The Kier molecular flexibility index (Phi) is 4.42. The van der Waals surface area contributed by atoms with Gasteiger partial charge in [0.25, 0.3) is 0 Å². The lowest BCUT2D eigenvalue weighted by atomic mass is 10.3. The average molecular weight is 351 g/mol. The third kappa shape index (κ3) is 3.46. The van der Waals surface area contributed by atoms with E-state index in [4.69, 9.17) is 4.42 Å². The van der Waals surface area contributed by atoms with E-state index in [9.17, 15) is 4.79 Å². The van der Waals surface area contributed by atoms with E-state index in [1.165, 1.54) is 6.33 Å². The fourth-order valence-corrected chi connectivity index (χ4v) is 2.74. The second kappa shape index (κ2) is 7.18. The van der Waals surface area contributed by atoms with Gasteiger partial charge in [0, 0.05) is 32.3 Å². The van der Waals surface area contributed by atoms with Crippen LogP contribution >= 0.6 is 0 Å². The molecule has 0 saturated carbocycles. The van der Waals surface area contributed by atoms with Crippen LogP contribution in [0.4, 0.5) is 5.82 Å². The summed E-state index contributed by atoms with van der Waals surface area (Å²) in [4.78, 5) is 20.1. The zero-order valence-electron chi connectivity index (χ0n) is 14.0. The highest BCUT2D eigenvalue weighted by Gasteiger charge is 2.21. The SMILES string of the molecule is O=C(/C=C/c1ccco1)N1CCN(c2ccc(-n3cncn3)nn2)CC1. The number of rotatable bonds is 4. The number of aromatic nitrogens is 5. The fraction of sp³-hybridized carbons (Fsp3) is 0.235. The normalized spacial score (nSPS) is 14.9. The smallest absolute Gasteiger partial charge is 0.246 e. The van der Waals surface area contributed by atoms with Gasteiger partial charge in [-0.05, 0) is 30.3 Å². The molecule has 1 amide bonds. The van der Waals surface area contributed by atoms with Gasteiger partial charge in [-0.1, -0.05) is 0 Å². The van der Waals surface area contributed by atoms with Gasteiger partial charge in [0.2, 0.25) is 5.91 Å². The van der Waals surface area contributed by atoms with Gasteiger partial charge in [-0.25, -0.2) is 9.67 Å². The molecule has 1 saturated heterocycles. The van der Waals surface area contributed by atoms with Crippen LogP contribution in [0.3, 0.4) is 0 Å². The summed E-state index contributed by atoms with van der Waals surface area (Å²) in [5.41, 5.74) is 0. The van der Waals surface area contributed by atoms with E-state index >= 15 is 0 Å². The zero-order valence-corrected chi connectivity index (χ0v) is 14.0. The van der Waals surface area contributed by atoms with Gasteiger partial charge in [-0.3, -0.25) is 4.79 Å². The first-order valence-corrected chi connectivity index (χ1v) is 8.24. The third-order valence-corrected chi connectivity index (χ3v) is 4.14. The van der Waals surface area contributed by atoms with Crippen LogP contribution in [0, 0.1) is 0 Å². The number of nitrogens with zero attached hydrogens (tertiary/aromatic N) is 7. The predicted molar refractivity (Wildman–Crippen MR) is 93.5 cm³/mol. The quantitative estimate of drug-likeness (QED) is 0.648. The van der Waals surface area contributed by atoms with E-state index in [-0.39, 0.29) is 5.91 Å². The Morgan fingerprint density at radius 2 is 1.88 bits per heavy atom. The van der Waals surface area contributed by atoms with E-state index < -0.39 is 0 Å². The summed E-state index contributed by atoms with van der Waals surface area (Å²) in [6, 6.07) is 7.35. The molecule has 9 nitrogen and oxygen atoms in total. The molecule has 1 aliphatic rings.